The Morgan fingerprint density at radius 2 is 2.12 bits per heavy atom. The maximum absolute atomic E-state index is 11.0. The van der Waals surface area contributed by atoms with Gasteiger partial charge in [-0.2, -0.15) is 0 Å². The van der Waals surface area contributed by atoms with Crippen LogP contribution in [0.25, 0.3) is 10.9 Å². The quantitative estimate of drug-likeness (QED) is 0.808. The van der Waals surface area contributed by atoms with E-state index in [0.717, 1.165) is 16.5 Å². The van der Waals surface area contributed by atoms with Crippen LogP contribution in [0.3, 0.4) is 0 Å². The van der Waals surface area contributed by atoms with Gasteiger partial charge in [-0.3, -0.25) is 0 Å². The summed E-state index contributed by atoms with van der Waals surface area (Å²) in [6.45, 7) is 1.98. The highest BCUT2D eigenvalue weighted by Crippen LogP contribution is 2.21. The summed E-state index contributed by atoms with van der Waals surface area (Å²) in [5.41, 5.74) is 2.10. The highest BCUT2D eigenvalue weighted by atomic mass is 16.4. The molecule has 0 radical (unpaired) electrons. The van der Waals surface area contributed by atoms with Crippen molar-refractivity contribution >= 4 is 22.7 Å². The summed E-state index contributed by atoms with van der Waals surface area (Å²) in [5, 5.41) is 12.7. The summed E-state index contributed by atoms with van der Waals surface area (Å²) in [6, 6.07) is 7.38. The van der Waals surface area contributed by atoms with Crippen molar-refractivity contribution in [1.82, 2.24) is 4.98 Å². The topological polar surface area (TPSA) is 62.2 Å². The first kappa shape index (κ1) is 10.4. The molecule has 0 aliphatic carbocycles. The Balaban J connectivity index is 2.75. The van der Waals surface area contributed by atoms with E-state index in [2.05, 4.69) is 10.3 Å². The summed E-state index contributed by atoms with van der Waals surface area (Å²) in [5.74, 6) is -0.579. The van der Waals surface area contributed by atoms with Crippen molar-refractivity contribution in [1.29, 1.82) is 0 Å². The number of rotatable bonds is 2. The number of hydrogen-bond donors (Lipinski definition) is 2. The van der Waals surface area contributed by atoms with Crippen LogP contribution < -0.4 is 5.32 Å². The van der Waals surface area contributed by atoms with E-state index < -0.39 is 5.97 Å². The highest BCUT2D eigenvalue weighted by Gasteiger charge is 2.11. The number of aromatic carboxylic acids is 1. The molecule has 0 aliphatic heterocycles. The SMILES string of the molecule is CNc1nc2cc(C)ccc2cc1C(=O)O. The lowest BCUT2D eigenvalue weighted by Crippen LogP contribution is -2.05. The van der Waals surface area contributed by atoms with Gasteiger partial charge in [0.05, 0.1) is 5.52 Å². The Bertz CT molecular complexity index is 564. The van der Waals surface area contributed by atoms with Crippen LogP contribution in [0.4, 0.5) is 5.82 Å². The molecule has 1 heterocycles. The molecule has 0 bridgehead atoms. The fourth-order valence-corrected chi connectivity index (χ4v) is 1.63. The van der Waals surface area contributed by atoms with Gasteiger partial charge < -0.3 is 10.4 Å². The second-order valence-electron chi connectivity index (χ2n) is 3.64. The van der Waals surface area contributed by atoms with Gasteiger partial charge in [0.1, 0.15) is 11.4 Å². The summed E-state index contributed by atoms with van der Waals surface area (Å²) < 4.78 is 0. The number of pyridine rings is 1. The molecule has 0 fully saturated rings. The van der Waals surface area contributed by atoms with E-state index in [-0.39, 0.29) is 5.56 Å². The Labute approximate surface area is 92.9 Å². The normalized spacial score (nSPS) is 10.4. The number of anilines is 1. The van der Waals surface area contributed by atoms with Crippen molar-refractivity contribution in [3.63, 3.8) is 0 Å². The molecule has 0 unspecified atom stereocenters. The van der Waals surface area contributed by atoms with Gasteiger partial charge in [-0.05, 0) is 24.6 Å². The minimum atomic E-state index is -0.973. The van der Waals surface area contributed by atoms with E-state index in [1.807, 2.05) is 25.1 Å². The highest BCUT2D eigenvalue weighted by molar-refractivity contribution is 5.98. The van der Waals surface area contributed by atoms with Crippen LogP contribution in [0, 0.1) is 6.92 Å². The molecule has 2 rings (SSSR count). The van der Waals surface area contributed by atoms with Crippen LogP contribution in [0.5, 0.6) is 0 Å². The number of nitrogens with zero attached hydrogens (tertiary/aromatic N) is 1. The van der Waals surface area contributed by atoms with E-state index >= 15 is 0 Å². The lowest BCUT2D eigenvalue weighted by molar-refractivity contribution is 0.0698. The Hall–Kier alpha value is -2.10. The first-order valence-corrected chi connectivity index (χ1v) is 4.94. The second kappa shape index (κ2) is 3.81. The molecule has 16 heavy (non-hydrogen) atoms. The van der Waals surface area contributed by atoms with Crippen molar-refractivity contribution in [2.75, 3.05) is 12.4 Å². The first-order valence-electron chi connectivity index (χ1n) is 4.94. The third kappa shape index (κ3) is 1.69. The van der Waals surface area contributed by atoms with Gasteiger partial charge in [0.2, 0.25) is 0 Å². The first-order chi connectivity index (χ1) is 7.61. The molecule has 0 amide bonds. The van der Waals surface area contributed by atoms with Crippen molar-refractivity contribution in [2.45, 2.75) is 6.92 Å². The number of carboxylic acid groups (broad SMARTS) is 1. The summed E-state index contributed by atoms with van der Waals surface area (Å²) in [6.07, 6.45) is 0. The Kier molecular flexibility index (Phi) is 2.48. The zero-order valence-electron chi connectivity index (χ0n) is 9.11. The van der Waals surface area contributed by atoms with Crippen LogP contribution in [-0.2, 0) is 0 Å². The molecule has 0 saturated carbocycles. The third-order valence-corrected chi connectivity index (χ3v) is 2.44. The molecular formula is C12H12N2O2. The maximum atomic E-state index is 11.0. The van der Waals surface area contributed by atoms with E-state index in [0.29, 0.717) is 5.82 Å². The molecular weight excluding hydrogens is 204 g/mol. The zero-order valence-corrected chi connectivity index (χ0v) is 9.11. The Morgan fingerprint density at radius 1 is 1.38 bits per heavy atom. The second-order valence-corrected chi connectivity index (χ2v) is 3.64. The van der Waals surface area contributed by atoms with Gasteiger partial charge in [0.15, 0.2) is 0 Å². The maximum Gasteiger partial charge on any atom is 0.339 e. The lowest BCUT2D eigenvalue weighted by atomic mass is 10.1. The molecule has 0 aliphatic rings. The predicted octanol–water partition coefficient (Wildman–Crippen LogP) is 2.28. The average Bonchev–Trinajstić information content (AvgIpc) is 2.26. The summed E-state index contributed by atoms with van der Waals surface area (Å²) in [4.78, 5) is 15.3. The van der Waals surface area contributed by atoms with Crippen molar-refractivity contribution in [3.8, 4) is 0 Å². The number of aromatic nitrogens is 1. The van der Waals surface area contributed by atoms with Crippen molar-refractivity contribution < 1.29 is 9.90 Å². The van der Waals surface area contributed by atoms with Gasteiger partial charge in [-0.25, -0.2) is 9.78 Å². The largest absolute Gasteiger partial charge is 0.478 e. The molecule has 82 valence electrons. The fourth-order valence-electron chi connectivity index (χ4n) is 1.63. The Morgan fingerprint density at radius 3 is 2.75 bits per heavy atom. The monoisotopic (exact) mass is 216 g/mol. The third-order valence-electron chi connectivity index (χ3n) is 2.44. The number of carbonyl (C=O) groups is 1. The van der Waals surface area contributed by atoms with Crippen molar-refractivity contribution in [2.24, 2.45) is 0 Å². The van der Waals surface area contributed by atoms with E-state index in [9.17, 15) is 4.79 Å². The van der Waals surface area contributed by atoms with E-state index in [4.69, 9.17) is 5.11 Å². The smallest absolute Gasteiger partial charge is 0.339 e. The number of nitrogens with one attached hydrogen (secondary N) is 1. The van der Waals surface area contributed by atoms with E-state index in [1.165, 1.54) is 0 Å². The number of hydrogen-bond acceptors (Lipinski definition) is 3. The molecule has 1 aromatic heterocycles. The average molecular weight is 216 g/mol. The minimum absolute atomic E-state index is 0.193. The van der Waals surface area contributed by atoms with Gasteiger partial charge in [0.25, 0.3) is 0 Å². The van der Waals surface area contributed by atoms with Gasteiger partial charge in [0, 0.05) is 12.4 Å². The van der Waals surface area contributed by atoms with Crippen LogP contribution in [0.15, 0.2) is 24.3 Å². The molecule has 0 saturated heterocycles. The zero-order chi connectivity index (χ0) is 11.7. The number of fused-ring (bicyclic) bond motifs is 1. The lowest BCUT2D eigenvalue weighted by Gasteiger charge is -2.07. The molecule has 2 N–H and O–H groups in total. The number of carboxylic acids is 1. The van der Waals surface area contributed by atoms with Crippen molar-refractivity contribution in [3.05, 3.63) is 35.4 Å². The molecule has 4 heteroatoms. The van der Waals surface area contributed by atoms with Gasteiger partial charge >= 0.3 is 5.97 Å². The molecule has 0 atom stereocenters. The molecule has 4 nitrogen and oxygen atoms in total. The van der Waals surface area contributed by atoms with Crippen LogP contribution in [-0.4, -0.2) is 23.1 Å². The fraction of sp³-hybridized carbons (Fsp3) is 0.167. The van der Waals surface area contributed by atoms with Gasteiger partial charge in [-0.1, -0.05) is 12.1 Å². The van der Waals surface area contributed by atoms with Crippen LogP contribution >= 0.6 is 0 Å². The molecule has 2 aromatic rings. The number of benzene rings is 1. The van der Waals surface area contributed by atoms with Crippen LogP contribution in [0.1, 0.15) is 15.9 Å². The van der Waals surface area contributed by atoms with Gasteiger partial charge in [-0.15, -0.1) is 0 Å². The molecule has 1 aromatic carbocycles. The minimum Gasteiger partial charge on any atom is -0.478 e. The predicted molar refractivity (Wildman–Crippen MR) is 63.0 cm³/mol. The van der Waals surface area contributed by atoms with E-state index in [1.54, 1.807) is 13.1 Å². The summed E-state index contributed by atoms with van der Waals surface area (Å²) >= 11 is 0. The van der Waals surface area contributed by atoms with Crippen LogP contribution in [0.2, 0.25) is 0 Å². The number of aryl methyl sites for hydroxylation is 1. The molecule has 0 spiro atoms. The summed E-state index contributed by atoms with van der Waals surface area (Å²) in [7, 11) is 1.66. The standard InChI is InChI=1S/C12H12N2O2/c1-7-3-4-8-6-9(12(15)16)11(13-2)14-10(8)5-7/h3-6H,1-2H3,(H,13,14)(H,15,16).